The highest BCUT2D eigenvalue weighted by Crippen LogP contribution is 2.25. The molecule has 1 amide bonds. The molecule has 0 radical (unpaired) electrons. The van der Waals surface area contributed by atoms with Gasteiger partial charge >= 0.3 is 0 Å². The summed E-state index contributed by atoms with van der Waals surface area (Å²) in [6.07, 6.45) is 0.455. The van der Waals surface area contributed by atoms with Crippen molar-refractivity contribution in [3.63, 3.8) is 0 Å². The highest BCUT2D eigenvalue weighted by Gasteiger charge is 2.23. The molecule has 0 aliphatic carbocycles. The lowest BCUT2D eigenvalue weighted by molar-refractivity contribution is 0.0768. The standard InChI is InChI=1S/C12H14BrNO4S/c13-10-3-2-9(8-11(10)15)12(16)14-4-1-6-19(17,18)7-5-14/h2-3,8,15H,1,4-7H2. The minimum atomic E-state index is -3.03. The van der Waals surface area contributed by atoms with Crippen molar-refractivity contribution in [3.05, 3.63) is 28.2 Å². The van der Waals surface area contributed by atoms with Gasteiger partial charge in [-0.25, -0.2) is 8.42 Å². The molecule has 0 bridgehead atoms. The highest BCUT2D eigenvalue weighted by atomic mass is 79.9. The Bertz CT molecular complexity index is 600. The summed E-state index contributed by atoms with van der Waals surface area (Å²) in [4.78, 5) is 13.8. The first-order valence-electron chi connectivity index (χ1n) is 5.87. The van der Waals surface area contributed by atoms with E-state index in [4.69, 9.17) is 0 Å². The quantitative estimate of drug-likeness (QED) is 0.833. The van der Waals surface area contributed by atoms with Crippen molar-refractivity contribution in [1.29, 1.82) is 0 Å². The average Bonchev–Trinajstić information content (AvgIpc) is 2.53. The molecule has 5 nitrogen and oxygen atoms in total. The number of sulfone groups is 1. The van der Waals surface area contributed by atoms with Gasteiger partial charge in [0.25, 0.3) is 5.91 Å². The molecule has 1 aliphatic heterocycles. The second kappa shape index (κ2) is 5.50. The molecule has 0 atom stereocenters. The minimum absolute atomic E-state index is 0.00124. The smallest absolute Gasteiger partial charge is 0.254 e. The number of halogens is 1. The lowest BCUT2D eigenvalue weighted by atomic mass is 10.2. The van der Waals surface area contributed by atoms with Crippen LogP contribution in [0.4, 0.5) is 0 Å². The third kappa shape index (κ3) is 3.48. The Morgan fingerprint density at radius 1 is 1.26 bits per heavy atom. The minimum Gasteiger partial charge on any atom is -0.507 e. The fourth-order valence-electron chi connectivity index (χ4n) is 1.97. The molecular formula is C12H14BrNO4S. The number of nitrogens with zero attached hydrogens (tertiary/aromatic N) is 1. The van der Waals surface area contributed by atoms with E-state index in [0.29, 0.717) is 23.0 Å². The molecule has 104 valence electrons. The number of phenols is 1. The van der Waals surface area contributed by atoms with E-state index in [1.807, 2.05) is 0 Å². The maximum absolute atomic E-state index is 12.2. The zero-order valence-electron chi connectivity index (χ0n) is 10.2. The van der Waals surface area contributed by atoms with E-state index in [1.165, 1.54) is 11.0 Å². The van der Waals surface area contributed by atoms with Gasteiger partial charge in [0.1, 0.15) is 5.75 Å². The summed E-state index contributed by atoms with van der Waals surface area (Å²) >= 11 is 3.15. The lowest BCUT2D eigenvalue weighted by Gasteiger charge is -2.19. The van der Waals surface area contributed by atoms with E-state index in [9.17, 15) is 18.3 Å². The fraction of sp³-hybridized carbons (Fsp3) is 0.417. The Hall–Kier alpha value is -1.08. The first-order chi connectivity index (χ1) is 8.89. The summed E-state index contributed by atoms with van der Waals surface area (Å²) in [6.45, 7) is 0.632. The van der Waals surface area contributed by atoms with Crippen molar-refractivity contribution in [3.8, 4) is 5.75 Å². The Morgan fingerprint density at radius 3 is 2.68 bits per heavy atom. The van der Waals surface area contributed by atoms with E-state index < -0.39 is 9.84 Å². The van der Waals surface area contributed by atoms with Gasteiger partial charge in [-0.15, -0.1) is 0 Å². The Morgan fingerprint density at radius 2 is 2.00 bits per heavy atom. The number of hydrogen-bond donors (Lipinski definition) is 1. The monoisotopic (exact) mass is 347 g/mol. The molecule has 1 saturated heterocycles. The van der Waals surface area contributed by atoms with Gasteiger partial charge in [0.2, 0.25) is 0 Å². The SMILES string of the molecule is O=C(c1ccc(Br)c(O)c1)N1CCCS(=O)(=O)CC1. The van der Waals surface area contributed by atoms with Gasteiger partial charge < -0.3 is 10.0 Å². The summed E-state index contributed by atoms with van der Waals surface area (Å²) in [7, 11) is -3.03. The maximum Gasteiger partial charge on any atom is 0.254 e. The second-order valence-electron chi connectivity index (χ2n) is 4.46. The van der Waals surface area contributed by atoms with Gasteiger partial charge in [-0.3, -0.25) is 4.79 Å². The maximum atomic E-state index is 12.2. The normalized spacial score (nSPS) is 18.9. The van der Waals surface area contributed by atoms with E-state index in [1.54, 1.807) is 12.1 Å². The van der Waals surface area contributed by atoms with Crippen LogP contribution >= 0.6 is 15.9 Å². The fourth-order valence-corrected chi connectivity index (χ4v) is 3.49. The van der Waals surface area contributed by atoms with Crippen molar-refractivity contribution < 1.29 is 18.3 Å². The van der Waals surface area contributed by atoms with Crippen LogP contribution in [-0.2, 0) is 9.84 Å². The topological polar surface area (TPSA) is 74.7 Å². The molecule has 0 unspecified atom stereocenters. The molecule has 0 saturated carbocycles. The van der Waals surface area contributed by atoms with Crippen LogP contribution in [0.25, 0.3) is 0 Å². The van der Waals surface area contributed by atoms with Crippen molar-refractivity contribution in [2.45, 2.75) is 6.42 Å². The summed E-state index contributed by atoms with van der Waals surface area (Å²) < 4.78 is 23.5. The average molecular weight is 348 g/mol. The molecule has 1 aromatic rings. The number of amides is 1. The molecule has 0 spiro atoms. The van der Waals surface area contributed by atoms with E-state index in [0.717, 1.165) is 0 Å². The molecule has 1 fully saturated rings. The number of carbonyl (C=O) groups is 1. The Labute approximate surface area is 120 Å². The molecule has 1 aliphatic rings. The molecule has 1 N–H and O–H groups in total. The zero-order valence-corrected chi connectivity index (χ0v) is 12.6. The van der Waals surface area contributed by atoms with Crippen LogP contribution in [0, 0.1) is 0 Å². The van der Waals surface area contributed by atoms with Gasteiger partial charge in [0.05, 0.1) is 16.0 Å². The van der Waals surface area contributed by atoms with Crippen molar-refractivity contribution >= 4 is 31.7 Å². The first kappa shape index (κ1) is 14.3. The molecule has 19 heavy (non-hydrogen) atoms. The molecule has 1 heterocycles. The summed E-state index contributed by atoms with van der Waals surface area (Å²) in [6, 6.07) is 4.58. The number of benzene rings is 1. The summed E-state index contributed by atoms with van der Waals surface area (Å²) in [5, 5.41) is 9.57. The predicted molar refractivity (Wildman–Crippen MR) is 75.0 cm³/mol. The number of rotatable bonds is 1. The summed E-state index contributed by atoms with van der Waals surface area (Å²) in [5.41, 5.74) is 0.361. The summed E-state index contributed by atoms with van der Waals surface area (Å²) in [5.74, 6) is -0.128. The van der Waals surface area contributed by atoms with Crippen molar-refractivity contribution in [2.75, 3.05) is 24.6 Å². The molecule has 2 rings (SSSR count). The molecule has 0 aromatic heterocycles. The van der Waals surface area contributed by atoms with Crippen LogP contribution in [-0.4, -0.2) is 48.9 Å². The highest BCUT2D eigenvalue weighted by molar-refractivity contribution is 9.10. The van der Waals surface area contributed by atoms with Crippen LogP contribution in [0.3, 0.4) is 0 Å². The number of hydrogen-bond acceptors (Lipinski definition) is 4. The van der Waals surface area contributed by atoms with Crippen LogP contribution in [0.1, 0.15) is 16.8 Å². The van der Waals surface area contributed by atoms with Gasteiger partial charge in [-0.1, -0.05) is 0 Å². The van der Waals surface area contributed by atoms with Gasteiger partial charge in [0.15, 0.2) is 9.84 Å². The van der Waals surface area contributed by atoms with Crippen LogP contribution < -0.4 is 0 Å². The van der Waals surface area contributed by atoms with Crippen LogP contribution in [0.5, 0.6) is 5.75 Å². The molecule has 7 heteroatoms. The van der Waals surface area contributed by atoms with Crippen LogP contribution in [0.2, 0.25) is 0 Å². The third-order valence-corrected chi connectivity index (χ3v) is 5.42. The van der Waals surface area contributed by atoms with E-state index in [2.05, 4.69) is 15.9 Å². The number of aromatic hydroxyl groups is 1. The van der Waals surface area contributed by atoms with Crippen molar-refractivity contribution in [1.82, 2.24) is 4.90 Å². The van der Waals surface area contributed by atoms with Crippen molar-refractivity contribution in [2.24, 2.45) is 0 Å². The van der Waals surface area contributed by atoms with Gasteiger partial charge in [-0.05, 0) is 40.5 Å². The molecule has 1 aromatic carbocycles. The number of carbonyl (C=O) groups excluding carboxylic acids is 1. The second-order valence-corrected chi connectivity index (χ2v) is 7.62. The number of phenolic OH excluding ortho intramolecular Hbond substituents is 1. The zero-order chi connectivity index (χ0) is 14.0. The Kier molecular flexibility index (Phi) is 4.15. The largest absolute Gasteiger partial charge is 0.507 e. The van der Waals surface area contributed by atoms with E-state index in [-0.39, 0.29) is 29.7 Å². The lowest BCUT2D eigenvalue weighted by Crippen LogP contribution is -2.33. The van der Waals surface area contributed by atoms with Crippen LogP contribution in [0.15, 0.2) is 22.7 Å². The first-order valence-corrected chi connectivity index (χ1v) is 8.49. The van der Waals surface area contributed by atoms with Gasteiger partial charge in [0, 0.05) is 18.7 Å². The van der Waals surface area contributed by atoms with Gasteiger partial charge in [-0.2, -0.15) is 0 Å². The predicted octanol–water partition coefficient (Wildman–Crippen LogP) is 1.42. The third-order valence-electron chi connectivity index (χ3n) is 3.04. The van der Waals surface area contributed by atoms with E-state index >= 15 is 0 Å². The Balaban J connectivity index is 2.17. The molecular weight excluding hydrogens is 334 g/mol.